The van der Waals surface area contributed by atoms with Crippen LogP contribution in [0.15, 0.2) is 77.0 Å². The number of carbonyl (C=O) groups is 3. The molecule has 0 fully saturated rings. The molecular formula is C39H39O7PS. The Balaban J connectivity index is 1.26. The van der Waals surface area contributed by atoms with Gasteiger partial charge in [0.25, 0.3) is 11.0 Å². The lowest BCUT2D eigenvalue weighted by Crippen LogP contribution is -2.21. The fourth-order valence-corrected chi connectivity index (χ4v) is 9.39. The molecule has 0 aromatic heterocycles. The van der Waals surface area contributed by atoms with Gasteiger partial charge in [-0.3, -0.25) is 14.2 Å². The highest BCUT2D eigenvalue weighted by atomic mass is 32.2. The molecule has 248 valence electrons. The second-order valence-electron chi connectivity index (χ2n) is 12.3. The van der Waals surface area contributed by atoms with Gasteiger partial charge in [0.15, 0.2) is 6.61 Å². The Hall–Kier alpha value is -4.23. The number of carbonyl (C=O) groups excluding carboxylic acids is 3. The molecular weight excluding hydrogens is 643 g/mol. The zero-order valence-corrected chi connectivity index (χ0v) is 30.0. The van der Waals surface area contributed by atoms with Gasteiger partial charge in [0.05, 0.1) is 6.61 Å². The number of hydrogen-bond acceptors (Lipinski definition) is 8. The molecule has 0 bridgehead atoms. The van der Waals surface area contributed by atoms with Crippen molar-refractivity contribution >= 4 is 41.7 Å². The maximum Gasteiger partial charge on any atom is 0.344 e. The Labute approximate surface area is 286 Å². The van der Waals surface area contributed by atoms with Crippen molar-refractivity contribution in [1.29, 1.82) is 0 Å². The third-order valence-electron chi connectivity index (χ3n) is 8.25. The SMILES string of the molecule is C=C1c2ccc(OCC(=O)OCCOP(=O)(C(=O)c3c(C)cc(C)cc3C)C(=O)c3c(C)cc(C)cc3C)cc2Sc2ccc(C)cc21. The number of fused-ring (bicyclic) bond motifs is 2. The van der Waals surface area contributed by atoms with Gasteiger partial charge in [-0.25, -0.2) is 4.79 Å². The van der Waals surface area contributed by atoms with Crippen LogP contribution in [-0.2, 0) is 18.6 Å². The van der Waals surface area contributed by atoms with Crippen LogP contribution in [0.1, 0.15) is 70.8 Å². The zero-order chi connectivity index (χ0) is 34.9. The summed E-state index contributed by atoms with van der Waals surface area (Å²) >= 11 is 1.61. The van der Waals surface area contributed by atoms with Gasteiger partial charge < -0.3 is 14.0 Å². The van der Waals surface area contributed by atoms with Gasteiger partial charge in [-0.1, -0.05) is 71.4 Å². The maximum absolute atomic E-state index is 14.5. The van der Waals surface area contributed by atoms with E-state index in [2.05, 4.69) is 24.8 Å². The minimum absolute atomic E-state index is 0.190. The van der Waals surface area contributed by atoms with E-state index in [4.69, 9.17) is 14.0 Å². The number of hydrogen-bond donors (Lipinski definition) is 0. The summed E-state index contributed by atoms with van der Waals surface area (Å²) in [6.07, 6.45) is 0. The number of aryl methyl sites for hydroxylation is 7. The molecule has 0 N–H and O–H groups in total. The molecule has 5 rings (SSSR count). The van der Waals surface area contributed by atoms with Gasteiger partial charge in [-0.05, 0) is 112 Å². The van der Waals surface area contributed by atoms with E-state index in [1.165, 1.54) is 0 Å². The molecule has 7 nitrogen and oxygen atoms in total. The first kappa shape index (κ1) is 35.1. The molecule has 0 spiro atoms. The molecule has 4 aromatic rings. The summed E-state index contributed by atoms with van der Waals surface area (Å²) in [6.45, 7) is 15.9. The van der Waals surface area contributed by atoms with Crippen LogP contribution in [0, 0.1) is 48.5 Å². The third kappa shape index (κ3) is 7.12. The lowest BCUT2D eigenvalue weighted by Gasteiger charge is -2.22. The molecule has 1 heterocycles. The van der Waals surface area contributed by atoms with Gasteiger partial charge in [0.2, 0.25) is 0 Å². The second kappa shape index (κ2) is 14.1. The van der Waals surface area contributed by atoms with Crippen molar-refractivity contribution in [2.45, 2.75) is 58.3 Å². The summed E-state index contributed by atoms with van der Waals surface area (Å²) in [6, 6.07) is 19.0. The first-order valence-corrected chi connectivity index (χ1v) is 18.0. The molecule has 0 atom stereocenters. The van der Waals surface area contributed by atoms with Crippen molar-refractivity contribution in [3.8, 4) is 5.75 Å². The summed E-state index contributed by atoms with van der Waals surface area (Å²) < 4.78 is 31.2. The molecule has 0 saturated heterocycles. The fraction of sp³-hybridized carbons (Fsp3) is 0.256. The molecule has 1 aliphatic rings. The normalized spacial score (nSPS) is 12.3. The maximum atomic E-state index is 14.5. The molecule has 0 aliphatic carbocycles. The number of benzene rings is 4. The molecule has 0 radical (unpaired) electrons. The average molecular weight is 683 g/mol. The topological polar surface area (TPSA) is 96.0 Å². The standard InChI is InChI=1S/C39H39O7PS/c1-22-9-12-33-32(19-22)29(8)31-11-10-30(20-34(31)48-33)45-21-35(40)44-13-14-46-47(43,38(41)36-25(4)15-23(2)16-26(36)5)39(42)37-27(6)17-24(3)18-28(37)7/h9-12,15-20H,8,13-14,21H2,1-7H3. The van der Waals surface area contributed by atoms with E-state index in [-0.39, 0.29) is 24.3 Å². The van der Waals surface area contributed by atoms with Gasteiger partial charge >= 0.3 is 13.3 Å². The van der Waals surface area contributed by atoms with Crippen molar-refractivity contribution < 1.29 is 32.9 Å². The van der Waals surface area contributed by atoms with Crippen molar-refractivity contribution in [1.82, 2.24) is 0 Å². The van der Waals surface area contributed by atoms with Crippen LogP contribution >= 0.6 is 19.1 Å². The molecule has 48 heavy (non-hydrogen) atoms. The van der Waals surface area contributed by atoms with E-state index in [0.29, 0.717) is 28.0 Å². The molecule has 0 amide bonds. The lowest BCUT2D eigenvalue weighted by molar-refractivity contribution is -0.146. The second-order valence-corrected chi connectivity index (χ2v) is 15.5. The molecule has 0 unspecified atom stereocenters. The predicted molar refractivity (Wildman–Crippen MR) is 190 cm³/mol. The molecule has 4 aromatic carbocycles. The van der Waals surface area contributed by atoms with Gasteiger partial charge in [0.1, 0.15) is 12.4 Å². The summed E-state index contributed by atoms with van der Waals surface area (Å²) in [7, 11) is -4.66. The van der Waals surface area contributed by atoms with E-state index >= 15 is 0 Å². The Morgan fingerprint density at radius 2 is 1.23 bits per heavy atom. The van der Waals surface area contributed by atoms with E-state index in [9.17, 15) is 18.9 Å². The average Bonchev–Trinajstić information content (AvgIpc) is 3.01. The Morgan fingerprint density at radius 3 is 1.79 bits per heavy atom. The quantitative estimate of drug-likeness (QED) is 0.0773. The summed E-state index contributed by atoms with van der Waals surface area (Å²) in [5.74, 6) is -0.191. The van der Waals surface area contributed by atoms with Crippen molar-refractivity contribution in [3.63, 3.8) is 0 Å². The van der Waals surface area contributed by atoms with Crippen LogP contribution in [0.25, 0.3) is 5.57 Å². The smallest absolute Gasteiger partial charge is 0.344 e. The first-order valence-electron chi connectivity index (χ1n) is 15.6. The largest absolute Gasteiger partial charge is 0.482 e. The Kier molecular flexibility index (Phi) is 10.3. The number of esters is 1. The van der Waals surface area contributed by atoms with Crippen molar-refractivity contribution in [2.24, 2.45) is 0 Å². The Bertz CT molecular complexity index is 1920. The van der Waals surface area contributed by atoms with Crippen LogP contribution < -0.4 is 4.74 Å². The number of ether oxygens (including phenoxy) is 2. The van der Waals surface area contributed by atoms with Crippen molar-refractivity contribution in [3.05, 3.63) is 128 Å². The molecule has 9 heteroatoms. The van der Waals surface area contributed by atoms with Crippen LogP contribution in [0.5, 0.6) is 5.75 Å². The minimum atomic E-state index is -4.66. The van der Waals surface area contributed by atoms with E-state index in [0.717, 1.165) is 43.2 Å². The van der Waals surface area contributed by atoms with Crippen molar-refractivity contribution in [2.75, 3.05) is 19.8 Å². The lowest BCUT2D eigenvalue weighted by atomic mass is 9.97. The van der Waals surface area contributed by atoms with Crippen LogP contribution in [0.3, 0.4) is 0 Å². The Morgan fingerprint density at radius 1 is 0.667 bits per heavy atom. The summed E-state index contributed by atoms with van der Waals surface area (Å²) in [5.41, 5.74) is 7.09. The van der Waals surface area contributed by atoms with E-state index in [1.54, 1.807) is 69.8 Å². The monoisotopic (exact) mass is 682 g/mol. The van der Waals surface area contributed by atoms with E-state index < -0.39 is 31.0 Å². The molecule has 1 aliphatic heterocycles. The van der Waals surface area contributed by atoms with Crippen LogP contribution in [-0.4, -0.2) is 36.8 Å². The van der Waals surface area contributed by atoms with Crippen LogP contribution in [0.2, 0.25) is 0 Å². The highest BCUT2D eigenvalue weighted by Gasteiger charge is 2.45. The summed E-state index contributed by atoms with van der Waals surface area (Å²) in [4.78, 5) is 42.6. The minimum Gasteiger partial charge on any atom is -0.482 e. The first-order chi connectivity index (χ1) is 22.7. The van der Waals surface area contributed by atoms with Gasteiger partial charge in [-0.2, -0.15) is 0 Å². The fourth-order valence-electron chi connectivity index (χ4n) is 6.20. The van der Waals surface area contributed by atoms with Gasteiger partial charge in [0, 0.05) is 20.9 Å². The summed E-state index contributed by atoms with van der Waals surface area (Å²) in [5, 5.41) is 0. The third-order valence-corrected chi connectivity index (χ3v) is 11.4. The highest BCUT2D eigenvalue weighted by molar-refractivity contribution is 7.99. The van der Waals surface area contributed by atoms with E-state index in [1.807, 2.05) is 32.9 Å². The predicted octanol–water partition coefficient (Wildman–Crippen LogP) is 9.27. The highest BCUT2D eigenvalue weighted by Crippen LogP contribution is 2.54. The zero-order valence-electron chi connectivity index (χ0n) is 28.3. The van der Waals surface area contributed by atoms with Crippen LogP contribution in [0.4, 0.5) is 0 Å². The molecule has 0 saturated carbocycles. The number of rotatable bonds is 11. The van der Waals surface area contributed by atoms with Gasteiger partial charge in [-0.15, -0.1) is 0 Å².